The number of rotatable bonds is 49. The number of allylic oxidation sites excluding steroid dienone is 2. The average Bonchev–Trinajstić information content (AvgIpc) is 3.41. The van der Waals surface area contributed by atoms with Gasteiger partial charge in [0.05, 0.1) is 13.2 Å². The summed E-state index contributed by atoms with van der Waals surface area (Å²) >= 11 is 0. The third-order valence-electron chi connectivity index (χ3n) is 14.5. The molecule has 2 atom stereocenters. The van der Waals surface area contributed by atoms with E-state index in [9.17, 15) is 37.1 Å². The first-order valence-corrected chi connectivity index (χ1v) is 37.6. The molecule has 0 fully saturated rings. The molecule has 1 N–H and O–H groups in total. The summed E-state index contributed by atoms with van der Waals surface area (Å²) < 4.78 is 62.4. The van der Waals surface area contributed by atoms with Crippen LogP contribution in [-0.2, 0) is 53.6 Å². The molecular formula is C74H147BNaO12PS-. The van der Waals surface area contributed by atoms with Crippen molar-refractivity contribution >= 4 is 38.3 Å². The quantitative estimate of drug-likeness (QED) is 0.0124. The molecule has 0 saturated heterocycles. The van der Waals surface area contributed by atoms with Crippen LogP contribution in [0.25, 0.3) is 0 Å². The van der Waals surface area contributed by atoms with Gasteiger partial charge in [0.2, 0.25) is 10.4 Å². The predicted octanol–water partition coefficient (Wildman–Crippen LogP) is 19.8. The van der Waals surface area contributed by atoms with Crippen molar-refractivity contribution in [1.82, 2.24) is 0 Å². The largest absolute Gasteiger partial charge is 1.00 e. The second-order valence-electron chi connectivity index (χ2n) is 26.5. The fourth-order valence-electron chi connectivity index (χ4n) is 9.54. The summed E-state index contributed by atoms with van der Waals surface area (Å²) in [4.78, 5) is 37.0. The Labute approximate surface area is 584 Å². The van der Waals surface area contributed by atoms with Gasteiger partial charge in [-0.3, -0.25) is 13.8 Å². The second kappa shape index (κ2) is 69.1. The molecule has 0 spiro atoms. The fourth-order valence-corrected chi connectivity index (χ4v) is 11.0. The van der Waals surface area contributed by atoms with Crippen LogP contribution in [0.1, 0.15) is 379 Å². The van der Waals surface area contributed by atoms with Crippen LogP contribution in [0.15, 0.2) is 24.3 Å². The minimum Gasteiger partial charge on any atom is -0.778 e. The van der Waals surface area contributed by atoms with Crippen molar-refractivity contribution in [1.29, 1.82) is 0 Å². The molecule has 1 aromatic carbocycles. The third kappa shape index (κ3) is 75.8. The first-order chi connectivity index (χ1) is 40.2. The Balaban J connectivity index is -0.000000217. The van der Waals surface area contributed by atoms with E-state index in [4.69, 9.17) is 14.0 Å². The Morgan fingerprint density at radius 1 is 0.567 bits per heavy atom. The van der Waals surface area contributed by atoms with Crippen LogP contribution in [0.2, 0.25) is 0 Å². The summed E-state index contributed by atoms with van der Waals surface area (Å²) in [6.45, 7) is 29.7. The van der Waals surface area contributed by atoms with Crippen LogP contribution < -0.4 is 34.5 Å². The van der Waals surface area contributed by atoms with E-state index in [1.54, 1.807) is 6.92 Å². The Bertz CT molecular complexity index is 1870. The SMILES string of the molecule is C.C.C.CC(C)C.CCCCCCCC/C=C\CCCCCCCC(=O)O[C@@H](CCP(=O)([O-])OCC)COC(=O)CCCCCCCCCCCCCCC.CCCCCCCCCCCCOS(=O)(=O)[O-].Cc1cc(C(C)(C)C)c(O)c(C(C)(C)C)c1.[B].[Na+]. The van der Waals surface area contributed by atoms with E-state index in [-0.39, 0.29) is 122 Å². The van der Waals surface area contributed by atoms with E-state index in [1.165, 1.54) is 166 Å². The van der Waals surface area contributed by atoms with Gasteiger partial charge >= 0.3 is 41.5 Å². The molecule has 0 bridgehead atoms. The van der Waals surface area contributed by atoms with Gasteiger partial charge in [-0.15, -0.1) is 0 Å². The van der Waals surface area contributed by atoms with Gasteiger partial charge < -0.3 is 33.1 Å². The average molecular weight is 1330 g/mol. The molecule has 0 aliphatic heterocycles. The monoisotopic (exact) mass is 1330 g/mol. The molecule has 90 heavy (non-hydrogen) atoms. The van der Waals surface area contributed by atoms with E-state index in [1.807, 2.05) is 0 Å². The second-order valence-corrected chi connectivity index (χ2v) is 29.5. The molecule has 0 aliphatic rings. The minimum atomic E-state index is -4.48. The van der Waals surface area contributed by atoms with E-state index in [0.29, 0.717) is 18.6 Å². The first-order valence-electron chi connectivity index (χ1n) is 34.6. The predicted molar refractivity (Wildman–Crippen MR) is 384 cm³/mol. The van der Waals surface area contributed by atoms with Crippen LogP contribution in [-0.4, -0.2) is 70.5 Å². The number of esters is 2. The van der Waals surface area contributed by atoms with Crippen molar-refractivity contribution in [2.75, 3.05) is 26.0 Å². The van der Waals surface area contributed by atoms with E-state index >= 15 is 0 Å². The maximum absolute atomic E-state index is 12.5. The number of carbonyl (C=O) groups is 2. The number of phenolic OH excluding ortho intramolecular Hbond substituents is 1. The van der Waals surface area contributed by atoms with Gasteiger partial charge in [0.1, 0.15) is 26.1 Å². The number of unbranched alkanes of at least 4 members (excludes halogenated alkanes) is 32. The maximum atomic E-state index is 12.5. The smallest absolute Gasteiger partial charge is 0.778 e. The maximum Gasteiger partial charge on any atom is 1.00 e. The molecule has 3 radical (unpaired) electrons. The number of hydrogen-bond donors (Lipinski definition) is 1. The van der Waals surface area contributed by atoms with Gasteiger partial charge in [-0.25, -0.2) is 8.42 Å². The van der Waals surface area contributed by atoms with Gasteiger partial charge in [-0.05, 0) is 93.1 Å². The fraction of sp³-hybridized carbons (Fsp3) is 0.865. The van der Waals surface area contributed by atoms with Crippen molar-refractivity contribution in [3.05, 3.63) is 41.0 Å². The van der Waals surface area contributed by atoms with Crippen molar-refractivity contribution in [2.45, 2.75) is 387 Å². The number of carbonyl (C=O) groups excluding carboxylic acids is 2. The Morgan fingerprint density at radius 3 is 1.20 bits per heavy atom. The topological polar surface area (TPSA) is 189 Å². The summed E-state index contributed by atoms with van der Waals surface area (Å²) in [5.41, 5.74) is 3.26. The molecule has 1 aromatic rings. The van der Waals surface area contributed by atoms with Gasteiger partial charge in [-0.2, -0.15) is 0 Å². The summed E-state index contributed by atoms with van der Waals surface area (Å²) in [6.07, 6.45) is 47.4. The first kappa shape index (κ1) is 105. The van der Waals surface area contributed by atoms with Crippen LogP contribution >= 0.6 is 7.60 Å². The molecule has 16 heteroatoms. The zero-order chi connectivity index (χ0) is 64.7. The molecule has 0 amide bonds. The number of aromatic hydroxyl groups is 1. The molecule has 531 valence electrons. The Hall–Kier alpha value is -1.22. The molecule has 1 unspecified atom stereocenters. The zero-order valence-electron chi connectivity index (χ0n) is 59.2. The van der Waals surface area contributed by atoms with Gasteiger partial charge in [-0.1, -0.05) is 321 Å². The van der Waals surface area contributed by atoms with Gasteiger partial charge in [0.15, 0.2) is 0 Å². The number of aryl methyl sites for hydroxylation is 1. The Kier molecular flexibility index (Phi) is 80.5. The van der Waals surface area contributed by atoms with E-state index in [2.05, 4.69) is 118 Å². The van der Waals surface area contributed by atoms with Crippen LogP contribution in [0.4, 0.5) is 0 Å². The third-order valence-corrected chi connectivity index (χ3v) is 16.4. The number of hydrogen-bond acceptors (Lipinski definition) is 12. The van der Waals surface area contributed by atoms with Crippen LogP contribution in [0.3, 0.4) is 0 Å². The zero-order valence-corrected chi connectivity index (χ0v) is 63.0. The molecule has 0 heterocycles. The van der Waals surface area contributed by atoms with Crippen LogP contribution in [0, 0.1) is 12.8 Å². The molecule has 0 aromatic heterocycles. The van der Waals surface area contributed by atoms with Crippen molar-refractivity contribution in [2.24, 2.45) is 5.92 Å². The normalized spacial score (nSPS) is 12.1. The molecular weight excluding hydrogens is 1180 g/mol. The van der Waals surface area contributed by atoms with E-state index < -0.39 is 24.1 Å². The van der Waals surface area contributed by atoms with E-state index in [0.717, 1.165) is 81.3 Å². The minimum absolute atomic E-state index is 0. The van der Waals surface area contributed by atoms with Gasteiger partial charge in [0, 0.05) is 27.4 Å². The Morgan fingerprint density at radius 2 is 0.878 bits per heavy atom. The summed E-state index contributed by atoms with van der Waals surface area (Å²) in [7, 11) is -8.51. The van der Waals surface area contributed by atoms with Crippen molar-refractivity contribution in [3.63, 3.8) is 0 Å². The van der Waals surface area contributed by atoms with Crippen molar-refractivity contribution in [3.8, 4) is 5.75 Å². The summed E-state index contributed by atoms with van der Waals surface area (Å²) in [5, 5.41) is 10.4. The standard InChI is InChI=1S/C40H77O7P.C15H24O.C12H26O4S.C4H10.3CH4.B.Na/c1-4-7-9-11-13-15-17-19-20-22-24-26-28-30-32-34-40(42)47-38(35-36-48(43,44)46-6-3)37-45-39(41)33-31-29-27-25-23-21-18-16-14-12-10-8-5-2;1-10-8-11(14(2,3)4)13(16)12(9-10)15(5,6)7;1-2-3-4-5-6-7-8-9-10-11-12-16-17(13,14)15;1-4(2)3;;;;;/h19-20,38H,4-18,21-37H2,1-3H3,(H,43,44);8-9,16H,1-7H3;2-12H2,1H3,(H,13,14,15);4H,1-3H3;3*1H4;;/q;;;;;;;;+1/p-2/b20-19-;;;;;;;;/t38-;;;;;;;;/m0......../s1. The number of benzene rings is 1. The van der Waals surface area contributed by atoms with Gasteiger partial charge in [0.25, 0.3) is 0 Å². The summed E-state index contributed by atoms with van der Waals surface area (Å²) in [5.74, 6) is 0.597. The van der Waals surface area contributed by atoms with Crippen LogP contribution in [0.5, 0.6) is 5.75 Å². The number of ether oxygens (including phenoxy) is 2. The molecule has 12 nitrogen and oxygen atoms in total. The number of phenols is 1. The molecule has 0 aliphatic carbocycles. The summed E-state index contributed by atoms with van der Waals surface area (Å²) in [6, 6.07) is 4.18. The van der Waals surface area contributed by atoms with Crippen molar-refractivity contribution < 1.29 is 84.9 Å². The molecule has 0 saturated carbocycles. The molecule has 1 rings (SSSR count).